The van der Waals surface area contributed by atoms with Gasteiger partial charge in [-0.05, 0) is 24.5 Å². The summed E-state index contributed by atoms with van der Waals surface area (Å²) in [5.74, 6) is -0.532. The zero-order chi connectivity index (χ0) is 13.0. The Labute approximate surface area is 107 Å². The lowest BCUT2D eigenvalue weighted by molar-refractivity contribution is -0.119. The van der Waals surface area contributed by atoms with Crippen LogP contribution in [0.5, 0.6) is 0 Å². The molecule has 0 aliphatic carbocycles. The van der Waals surface area contributed by atoms with E-state index < -0.39 is 0 Å². The summed E-state index contributed by atoms with van der Waals surface area (Å²) in [4.78, 5) is 11.6. The van der Waals surface area contributed by atoms with E-state index in [-0.39, 0.29) is 11.8 Å². The van der Waals surface area contributed by atoms with Crippen LogP contribution in [0, 0.1) is 6.92 Å². The van der Waals surface area contributed by atoms with Crippen LogP contribution in [0.4, 0.5) is 0 Å². The normalized spacial score (nSPS) is 12.1. The second-order valence-electron chi connectivity index (χ2n) is 4.56. The van der Waals surface area contributed by atoms with Crippen LogP contribution in [0.3, 0.4) is 0 Å². The van der Waals surface area contributed by atoms with Crippen molar-refractivity contribution < 1.29 is 4.79 Å². The number of rotatable bonds is 4. The van der Waals surface area contributed by atoms with Crippen molar-refractivity contribution in [3.63, 3.8) is 0 Å². The molecular formula is C16H17NO. The summed E-state index contributed by atoms with van der Waals surface area (Å²) in [7, 11) is 0. The average molecular weight is 239 g/mol. The van der Waals surface area contributed by atoms with Crippen molar-refractivity contribution in [1.29, 1.82) is 0 Å². The van der Waals surface area contributed by atoms with Gasteiger partial charge in [0.05, 0.1) is 5.92 Å². The van der Waals surface area contributed by atoms with Gasteiger partial charge in [0.15, 0.2) is 0 Å². The molecule has 0 spiro atoms. The third kappa shape index (κ3) is 2.98. The van der Waals surface area contributed by atoms with Gasteiger partial charge in [-0.2, -0.15) is 0 Å². The lowest BCUT2D eigenvalue weighted by Crippen LogP contribution is -2.23. The molecule has 2 rings (SSSR count). The smallest absolute Gasteiger partial charge is 0.225 e. The minimum Gasteiger partial charge on any atom is -0.369 e. The summed E-state index contributed by atoms with van der Waals surface area (Å²) >= 11 is 0. The summed E-state index contributed by atoms with van der Waals surface area (Å²) < 4.78 is 0. The number of aryl methyl sites for hydroxylation is 1. The average Bonchev–Trinajstić information content (AvgIpc) is 2.37. The number of benzene rings is 2. The maximum absolute atomic E-state index is 11.6. The Bertz CT molecular complexity index is 534. The Kier molecular flexibility index (Phi) is 3.78. The Morgan fingerprint density at radius 3 is 2.44 bits per heavy atom. The van der Waals surface area contributed by atoms with Crippen LogP contribution in [0.25, 0.3) is 0 Å². The van der Waals surface area contributed by atoms with E-state index in [9.17, 15) is 4.79 Å². The number of primary amides is 1. The van der Waals surface area contributed by atoms with Crippen LogP contribution < -0.4 is 5.73 Å². The molecule has 2 N–H and O–H groups in total. The van der Waals surface area contributed by atoms with Gasteiger partial charge in [0, 0.05) is 0 Å². The fraction of sp³-hybridized carbons (Fsp3) is 0.188. The molecule has 92 valence electrons. The summed E-state index contributed by atoms with van der Waals surface area (Å²) in [5, 5.41) is 0. The van der Waals surface area contributed by atoms with Crippen molar-refractivity contribution in [3.05, 3.63) is 71.3 Å². The highest BCUT2D eigenvalue weighted by Gasteiger charge is 2.17. The van der Waals surface area contributed by atoms with E-state index in [0.717, 1.165) is 11.1 Å². The van der Waals surface area contributed by atoms with Crippen LogP contribution in [0.2, 0.25) is 0 Å². The summed E-state index contributed by atoms with van der Waals surface area (Å²) in [5.41, 5.74) is 8.83. The molecule has 1 amide bonds. The number of nitrogens with two attached hydrogens (primary N) is 1. The molecule has 0 heterocycles. The standard InChI is InChI=1S/C16H17NO/c1-12-6-5-7-13(10-12)11-15(16(17)18)14-8-3-2-4-9-14/h2-10,15H,11H2,1H3,(H2,17,18). The molecule has 18 heavy (non-hydrogen) atoms. The number of hydrogen-bond donors (Lipinski definition) is 1. The third-order valence-electron chi connectivity index (χ3n) is 3.07. The van der Waals surface area contributed by atoms with E-state index in [4.69, 9.17) is 5.73 Å². The second-order valence-corrected chi connectivity index (χ2v) is 4.56. The van der Waals surface area contributed by atoms with E-state index in [1.807, 2.05) is 55.5 Å². The van der Waals surface area contributed by atoms with Gasteiger partial charge in [-0.15, -0.1) is 0 Å². The second kappa shape index (κ2) is 5.50. The molecule has 0 aliphatic rings. The topological polar surface area (TPSA) is 43.1 Å². The Morgan fingerprint density at radius 1 is 1.11 bits per heavy atom. The Balaban J connectivity index is 2.25. The molecule has 1 atom stereocenters. The fourth-order valence-electron chi connectivity index (χ4n) is 2.14. The minimum atomic E-state index is -0.275. The first-order chi connectivity index (χ1) is 8.66. The number of carbonyl (C=O) groups excluding carboxylic acids is 1. The molecule has 0 aromatic heterocycles. The largest absolute Gasteiger partial charge is 0.369 e. The van der Waals surface area contributed by atoms with E-state index in [2.05, 4.69) is 6.07 Å². The Hall–Kier alpha value is -2.09. The van der Waals surface area contributed by atoms with E-state index >= 15 is 0 Å². The van der Waals surface area contributed by atoms with Gasteiger partial charge in [-0.1, -0.05) is 60.2 Å². The molecule has 1 unspecified atom stereocenters. The third-order valence-corrected chi connectivity index (χ3v) is 3.07. The van der Waals surface area contributed by atoms with Gasteiger partial charge in [-0.3, -0.25) is 4.79 Å². The number of hydrogen-bond acceptors (Lipinski definition) is 1. The fourth-order valence-corrected chi connectivity index (χ4v) is 2.14. The van der Waals surface area contributed by atoms with Crippen LogP contribution >= 0.6 is 0 Å². The molecule has 0 radical (unpaired) electrons. The summed E-state index contributed by atoms with van der Waals surface area (Å²) in [6, 6.07) is 17.9. The van der Waals surface area contributed by atoms with Crippen molar-refractivity contribution in [2.75, 3.05) is 0 Å². The van der Waals surface area contributed by atoms with Gasteiger partial charge in [0.25, 0.3) is 0 Å². The van der Waals surface area contributed by atoms with Crippen molar-refractivity contribution in [1.82, 2.24) is 0 Å². The minimum absolute atomic E-state index is 0.256. The lowest BCUT2D eigenvalue weighted by atomic mass is 9.91. The van der Waals surface area contributed by atoms with Crippen molar-refractivity contribution in [2.24, 2.45) is 5.73 Å². The molecule has 0 aliphatic heterocycles. The molecule has 0 bridgehead atoms. The summed E-state index contributed by atoms with van der Waals surface area (Å²) in [6.07, 6.45) is 0.654. The molecule has 2 nitrogen and oxygen atoms in total. The van der Waals surface area contributed by atoms with Gasteiger partial charge in [-0.25, -0.2) is 0 Å². The summed E-state index contributed by atoms with van der Waals surface area (Å²) in [6.45, 7) is 2.05. The zero-order valence-corrected chi connectivity index (χ0v) is 10.5. The van der Waals surface area contributed by atoms with Crippen LogP contribution in [0.1, 0.15) is 22.6 Å². The quantitative estimate of drug-likeness (QED) is 0.876. The van der Waals surface area contributed by atoms with Gasteiger partial charge < -0.3 is 5.73 Å². The first kappa shape index (κ1) is 12.4. The molecule has 0 fully saturated rings. The number of amides is 1. The maximum Gasteiger partial charge on any atom is 0.225 e. The van der Waals surface area contributed by atoms with Crippen LogP contribution in [-0.4, -0.2) is 5.91 Å². The van der Waals surface area contributed by atoms with E-state index in [1.54, 1.807) is 0 Å². The lowest BCUT2D eigenvalue weighted by Gasteiger charge is -2.14. The first-order valence-corrected chi connectivity index (χ1v) is 6.06. The first-order valence-electron chi connectivity index (χ1n) is 6.06. The monoisotopic (exact) mass is 239 g/mol. The molecule has 2 aromatic rings. The number of carbonyl (C=O) groups is 1. The highest BCUT2D eigenvalue weighted by Crippen LogP contribution is 2.21. The van der Waals surface area contributed by atoms with Gasteiger partial charge in [0.2, 0.25) is 5.91 Å². The van der Waals surface area contributed by atoms with Gasteiger partial charge >= 0.3 is 0 Å². The van der Waals surface area contributed by atoms with Crippen LogP contribution in [0.15, 0.2) is 54.6 Å². The SMILES string of the molecule is Cc1cccc(CC(C(N)=O)c2ccccc2)c1. The highest BCUT2D eigenvalue weighted by molar-refractivity contribution is 5.82. The van der Waals surface area contributed by atoms with Crippen molar-refractivity contribution in [3.8, 4) is 0 Å². The molecule has 0 saturated carbocycles. The Morgan fingerprint density at radius 2 is 1.83 bits per heavy atom. The molecule has 0 saturated heterocycles. The maximum atomic E-state index is 11.6. The highest BCUT2D eigenvalue weighted by atomic mass is 16.1. The van der Waals surface area contributed by atoms with E-state index in [0.29, 0.717) is 6.42 Å². The van der Waals surface area contributed by atoms with E-state index in [1.165, 1.54) is 5.56 Å². The molecule has 2 heteroatoms. The predicted octanol–water partition coefficient (Wildman–Crippen LogP) is 2.81. The zero-order valence-electron chi connectivity index (χ0n) is 10.5. The van der Waals surface area contributed by atoms with Crippen molar-refractivity contribution >= 4 is 5.91 Å². The van der Waals surface area contributed by atoms with Crippen molar-refractivity contribution in [2.45, 2.75) is 19.3 Å². The predicted molar refractivity (Wildman–Crippen MR) is 73.3 cm³/mol. The van der Waals surface area contributed by atoms with Crippen LogP contribution in [-0.2, 0) is 11.2 Å². The van der Waals surface area contributed by atoms with Gasteiger partial charge in [0.1, 0.15) is 0 Å². The molecule has 2 aromatic carbocycles. The molecular weight excluding hydrogens is 222 g/mol.